The van der Waals surface area contributed by atoms with Gasteiger partial charge in [-0.25, -0.2) is 9.78 Å². The number of fused-ring (bicyclic) bond motifs is 1. The lowest BCUT2D eigenvalue weighted by atomic mass is 10.0. The van der Waals surface area contributed by atoms with Gasteiger partial charge in [0.25, 0.3) is 0 Å². The van der Waals surface area contributed by atoms with Crippen LogP contribution in [0.3, 0.4) is 0 Å². The maximum Gasteiger partial charge on any atom is 0.407 e. The summed E-state index contributed by atoms with van der Waals surface area (Å²) < 4.78 is 0. The molecule has 2 aromatic rings. The number of nitrogens with one attached hydrogen (secondary N) is 1. The second-order valence-electron chi connectivity index (χ2n) is 4.94. The normalized spacial score (nSPS) is 14.5. The summed E-state index contributed by atoms with van der Waals surface area (Å²) in [5.41, 5.74) is 1.95. The maximum atomic E-state index is 12.1. The van der Waals surface area contributed by atoms with Crippen LogP contribution in [0, 0.1) is 11.3 Å². The number of nitrogens with zero attached hydrogens (tertiary/aromatic N) is 3. The van der Waals surface area contributed by atoms with Gasteiger partial charge in [0, 0.05) is 19.3 Å². The SMILES string of the molecule is N#Cc1c[nH]c2ccc(C3=CCN(C(=O)O)CC3)nc2c1=O. The van der Waals surface area contributed by atoms with Crippen LogP contribution < -0.4 is 5.43 Å². The molecule has 0 aliphatic carbocycles. The molecular weight excluding hydrogens is 284 g/mol. The molecule has 0 aromatic carbocycles. The maximum absolute atomic E-state index is 12.1. The second-order valence-corrected chi connectivity index (χ2v) is 4.94. The van der Waals surface area contributed by atoms with Crippen molar-refractivity contribution in [3.63, 3.8) is 0 Å². The third kappa shape index (κ3) is 2.31. The van der Waals surface area contributed by atoms with Crippen molar-refractivity contribution < 1.29 is 9.90 Å². The van der Waals surface area contributed by atoms with E-state index in [1.807, 2.05) is 6.07 Å². The Bertz CT molecular complexity index is 892. The lowest BCUT2D eigenvalue weighted by Gasteiger charge is -2.23. The fraction of sp³-hybridized carbons (Fsp3) is 0.200. The molecule has 1 aliphatic rings. The van der Waals surface area contributed by atoms with E-state index in [-0.39, 0.29) is 11.1 Å². The van der Waals surface area contributed by atoms with Crippen molar-refractivity contribution >= 4 is 22.7 Å². The number of hydrogen-bond acceptors (Lipinski definition) is 4. The Labute approximate surface area is 125 Å². The number of nitriles is 1. The minimum Gasteiger partial charge on any atom is -0.465 e. The number of rotatable bonds is 1. The first kappa shape index (κ1) is 13.8. The van der Waals surface area contributed by atoms with Gasteiger partial charge in [-0.2, -0.15) is 5.26 Å². The van der Waals surface area contributed by atoms with E-state index in [1.54, 1.807) is 18.2 Å². The van der Waals surface area contributed by atoms with Crippen molar-refractivity contribution in [2.24, 2.45) is 0 Å². The summed E-state index contributed by atoms with van der Waals surface area (Å²) >= 11 is 0. The zero-order valence-electron chi connectivity index (χ0n) is 11.5. The number of amides is 1. The lowest BCUT2D eigenvalue weighted by molar-refractivity contribution is 0.150. The van der Waals surface area contributed by atoms with Gasteiger partial charge in [-0.05, 0) is 24.1 Å². The van der Waals surface area contributed by atoms with Gasteiger partial charge in [0.2, 0.25) is 5.43 Å². The summed E-state index contributed by atoms with van der Waals surface area (Å²) in [6, 6.07) is 5.36. The lowest BCUT2D eigenvalue weighted by Crippen LogP contribution is -2.33. The Balaban J connectivity index is 2.03. The van der Waals surface area contributed by atoms with Crippen molar-refractivity contribution in [1.82, 2.24) is 14.9 Å². The van der Waals surface area contributed by atoms with Gasteiger partial charge in [0.1, 0.15) is 17.1 Å². The fourth-order valence-electron chi connectivity index (χ4n) is 2.43. The molecule has 2 aromatic heterocycles. The first-order valence-corrected chi connectivity index (χ1v) is 6.70. The van der Waals surface area contributed by atoms with Gasteiger partial charge in [-0.3, -0.25) is 4.79 Å². The van der Waals surface area contributed by atoms with Crippen molar-refractivity contribution in [1.29, 1.82) is 5.26 Å². The highest BCUT2D eigenvalue weighted by Crippen LogP contribution is 2.22. The molecule has 7 heteroatoms. The van der Waals surface area contributed by atoms with Crippen LogP contribution in [0.25, 0.3) is 16.6 Å². The van der Waals surface area contributed by atoms with Gasteiger partial charge in [0.05, 0.1) is 11.2 Å². The van der Waals surface area contributed by atoms with Gasteiger partial charge in [0.15, 0.2) is 0 Å². The summed E-state index contributed by atoms with van der Waals surface area (Å²) in [5.74, 6) is 0. The zero-order valence-corrected chi connectivity index (χ0v) is 11.5. The molecule has 0 bridgehead atoms. The number of carbonyl (C=O) groups is 1. The Hall–Kier alpha value is -3.14. The third-order valence-corrected chi connectivity index (χ3v) is 3.66. The minimum atomic E-state index is -0.947. The van der Waals surface area contributed by atoms with Gasteiger partial charge in [-0.15, -0.1) is 0 Å². The highest BCUT2D eigenvalue weighted by Gasteiger charge is 2.18. The number of carboxylic acid groups (broad SMARTS) is 1. The largest absolute Gasteiger partial charge is 0.465 e. The first-order chi connectivity index (χ1) is 10.6. The smallest absolute Gasteiger partial charge is 0.407 e. The van der Waals surface area contributed by atoms with E-state index in [0.717, 1.165) is 5.57 Å². The minimum absolute atomic E-state index is 0.0202. The fourth-order valence-corrected chi connectivity index (χ4v) is 2.43. The van der Waals surface area contributed by atoms with Crippen LogP contribution in [0.5, 0.6) is 0 Å². The van der Waals surface area contributed by atoms with Crippen LogP contribution in [0.15, 0.2) is 29.2 Å². The molecule has 0 saturated carbocycles. The molecule has 0 radical (unpaired) electrons. The molecule has 22 heavy (non-hydrogen) atoms. The Morgan fingerprint density at radius 3 is 2.91 bits per heavy atom. The number of pyridine rings is 2. The molecule has 0 saturated heterocycles. The predicted molar refractivity (Wildman–Crippen MR) is 79.3 cm³/mol. The third-order valence-electron chi connectivity index (χ3n) is 3.66. The van der Waals surface area contributed by atoms with Crippen LogP contribution in [0.4, 0.5) is 4.79 Å². The van der Waals surface area contributed by atoms with E-state index in [9.17, 15) is 9.59 Å². The van der Waals surface area contributed by atoms with Gasteiger partial charge < -0.3 is 15.0 Å². The van der Waals surface area contributed by atoms with E-state index < -0.39 is 11.5 Å². The van der Waals surface area contributed by atoms with E-state index >= 15 is 0 Å². The molecule has 0 unspecified atom stereocenters. The molecule has 0 atom stereocenters. The van der Waals surface area contributed by atoms with E-state index in [4.69, 9.17) is 10.4 Å². The first-order valence-electron chi connectivity index (χ1n) is 6.70. The molecule has 3 rings (SSSR count). The zero-order chi connectivity index (χ0) is 15.7. The van der Waals surface area contributed by atoms with Crippen LogP contribution in [0.2, 0.25) is 0 Å². The molecule has 3 heterocycles. The quantitative estimate of drug-likeness (QED) is 0.829. The van der Waals surface area contributed by atoms with Gasteiger partial charge in [-0.1, -0.05) is 6.08 Å². The molecule has 2 N–H and O–H groups in total. The standard InChI is InChI=1S/C15H12N4O3/c16-7-10-8-17-12-2-1-11(18-13(12)14(10)20)9-3-5-19(6-4-9)15(21)22/h1-3,8H,4-6H2,(H,17,20)(H,21,22). The summed E-state index contributed by atoms with van der Waals surface area (Å²) in [4.78, 5) is 31.5. The molecular formula is C15H12N4O3. The van der Waals surface area contributed by atoms with Crippen LogP contribution in [-0.2, 0) is 0 Å². The van der Waals surface area contributed by atoms with Gasteiger partial charge >= 0.3 is 6.09 Å². The number of aromatic nitrogens is 2. The van der Waals surface area contributed by atoms with Crippen LogP contribution >= 0.6 is 0 Å². The number of hydrogen-bond donors (Lipinski definition) is 2. The summed E-state index contributed by atoms with van der Waals surface area (Å²) in [5, 5.41) is 17.8. The Morgan fingerprint density at radius 2 is 2.27 bits per heavy atom. The van der Waals surface area contributed by atoms with E-state index in [2.05, 4.69) is 9.97 Å². The van der Waals surface area contributed by atoms with Crippen molar-refractivity contribution in [3.05, 3.63) is 45.9 Å². The van der Waals surface area contributed by atoms with E-state index in [1.165, 1.54) is 11.1 Å². The molecule has 0 spiro atoms. The summed E-state index contributed by atoms with van der Waals surface area (Å²) in [6.07, 6.45) is 2.77. The molecule has 0 fully saturated rings. The van der Waals surface area contributed by atoms with Crippen molar-refractivity contribution in [2.45, 2.75) is 6.42 Å². The Morgan fingerprint density at radius 1 is 1.45 bits per heavy atom. The highest BCUT2D eigenvalue weighted by molar-refractivity contribution is 5.79. The summed E-state index contributed by atoms with van der Waals surface area (Å²) in [6.45, 7) is 0.703. The monoisotopic (exact) mass is 296 g/mol. The highest BCUT2D eigenvalue weighted by atomic mass is 16.4. The average molecular weight is 296 g/mol. The molecule has 1 amide bonds. The van der Waals surface area contributed by atoms with Crippen molar-refractivity contribution in [2.75, 3.05) is 13.1 Å². The van der Waals surface area contributed by atoms with Crippen LogP contribution in [-0.4, -0.2) is 39.2 Å². The molecule has 1 aliphatic heterocycles. The molecule has 7 nitrogen and oxygen atoms in total. The van der Waals surface area contributed by atoms with E-state index in [0.29, 0.717) is 30.7 Å². The average Bonchev–Trinajstić information content (AvgIpc) is 2.55. The number of aromatic amines is 1. The molecule has 110 valence electrons. The van der Waals surface area contributed by atoms with Crippen molar-refractivity contribution in [3.8, 4) is 6.07 Å². The predicted octanol–water partition coefficient (Wildman–Crippen LogP) is 1.56. The van der Waals surface area contributed by atoms with Crippen LogP contribution in [0.1, 0.15) is 17.7 Å². The number of H-pyrrole nitrogens is 1. The summed E-state index contributed by atoms with van der Waals surface area (Å²) in [7, 11) is 0. The Kier molecular flexibility index (Phi) is 3.35. The topological polar surface area (TPSA) is 110 Å². The second kappa shape index (κ2) is 5.33.